The first-order valence-corrected chi connectivity index (χ1v) is 7.01. The standard InChI is InChI=1S/C14H26N4O/c1-5-7-8-18(11(3)6-2)14-9-12(15)16-13(17-14)10-19-4/h9,11H,5-8,10H2,1-4H3,(H2,15,16,17). The van der Waals surface area contributed by atoms with E-state index in [-0.39, 0.29) is 0 Å². The number of nitrogen functional groups attached to an aromatic ring is 1. The number of anilines is 2. The van der Waals surface area contributed by atoms with Crippen molar-refractivity contribution >= 4 is 11.6 Å². The molecule has 1 heterocycles. The summed E-state index contributed by atoms with van der Waals surface area (Å²) in [7, 11) is 1.63. The SMILES string of the molecule is CCCCN(c1cc(N)nc(COC)n1)C(C)CC. The van der Waals surface area contributed by atoms with Gasteiger partial charge in [-0.05, 0) is 19.8 Å². The van der Waals surface area contributed by atoms with Crippen LogP contribution in [0.4, 0.5) is 11.6 Å². The van der Waals surface area contributed by atoms with E-state index >= 15 is 0 Å². The topological polar surface area (TPSA) is 64.3 Å². The van der Waals surface area contributed by atoms with Gasteiger partial charge >= 0.3 is 0 Å². The van der Waals surface area contributed by atoms with Crippen molar-refractivity contribution in [2.24, 2.45) is 0 Å². The van der Waals surface area contributed by atoms with Crippen LogP contribution >= 0.6 is 0 Å². The highest BCUT2D eigenvalue weighted by Gasteiger charge is 2.15. The minimum Gasteiger partial charge on any atom is -0.384 e. The molecule has 0 amide bonds. The Morgan fingerprint density at radius 1 is 1.37 bits per heavy atom. The smallest absolute Gasteiger partial charge is 0.158 e. The van der Waals surface area contributed by atoms with Crippen LogP contribution in [-0.4, -0.2) is 29.7 Å². The molecule has 0 aliphatic rings. The quantitative estimate of drug-likeness (QED) is 0.783. The van der Waals surface area contributed by atoms with Gasteiger partial charge in [0.1, 0.15) is 18.2 Å². The first-order chi connectivity index (χ1) is 9.12. The normalized spacial score (nSPS) is 12.4. The summed E-state index contributed by atoms with van der Waals surface area (Å²) in [6.45, 7) is 7.97. The predicted molar refractivity (Wildman–Crippen MR) is 79.2 cm³/mol. The Kier molecular flexibility index (Phi) is 6.56. The molecule has 5 nitrogen and oxygen atoms in total. The van der Waals surface area contributed by atoms with Gasteiger partial charge in [-0.1, -0.05) is 20.3 Å². The van der Waals surface area contributed by atoms with Crippen molar-refractivity contribution < 1.29 is 4.74 Å². The fourth-order valence-electron chi connectivity index (χ4n) is 1.95. The number of methoxy groups -OCH3 is 1. The van der Waals surface area contributed by atoms with Gasteiger partial charge in [0.2, 0.25) is 0 Å². The predicted octanol–water partition coefficient (Wildman–Crippen LogP) is 2.61. The minimum atomic E-state index is 0.389. The fourth-order valence-corrected chi connectivity index (χ4v) is 1.95. The Morgan fingerprint density at radius 2 is 2.11 bits per heavy atom. The first kappa shape index (κ1) is 15.7. The maximum atomic E-state index is 5.86. The summed E-state index contributed by atoms with van der Waals surface area (Å²) in [6, 6.07) is 2.29. The Bertz CT molecular complexity index is 384. The number of rotatable bonds is 8. The molecule has 1 aromatic rings. The van der Waals surface area contributed by atoms with Gasteiger partial charge in [0.15, 0.2) is 5.82 Å². The summed E-state index contributed by atoms with van der Waals surface area (Å²) in [4.78, 5) is 11.0. The van der Waals surface area contributed by atoms with Gasteiger partial charge < -0.3 is 15.4 Å². The summed E-state index contributed by atoms with van der Waals surface area (Å²) in [5, 5.41) is 0. The number of nitrogens with two attached hydrogens (primary N) is 1. The first-order valence-electron chi connectivity index (χ1n) is 7.01. The molecule has 0 aromatic carbocycles. The molecular weight excluding hydrogens is 240 g/mol. The Morgan fingerprint density at radius 3 is 2.68 bits per heavy atom. The number of hydrogen-bond donors (Lipinski definition) is 1. The third-order valence-electron chi connectivity index (χ3n) is 3.22. The van der Waals surface area contributed by atoms with Crippen LogP contribution in [0.15, 0.2) is 6.07 Å². The van der Waals surface area contributed by atoms with Crippen molar-refractivity contribution in [3.63, 3.8) is 0 Å². The van der Waals surface area contributed by atoms with Crippen molar-refractivity contribution in [3.05, 3.63) is 11.9 Å². The molecule has 0 aliphatic heterocycles. The molecule has 0 aliphatic carbocycles. The minimum absolute atomic E-state index is 0.389. The number of hydrogen-bond acceptors (Lipinski definition) is 5. The number of unbranched alkanes of at least 4 members (excludes halogenated alkanes) is 1. The van der Waals surface area contributed by atoms with Crippen molar-refractivity contribution in [2.75, 3.05) is 24.3 Å². The van der Waals surface area contributed by atoms with Gasteiger partial charge in [0, 0.05) is 25.8 Å². The molecule has 0 saturated carbocycles. The third-order valence-corrected chi connectivity index (χ3v) is 3.22. The lowest BCUT2D eigenvalue weighted by atomic mass is 10.2. The molecule has 0 fully saturated rings. The van der Waals surface area contributed by atoms with Crippen LogP contribution in [-0.2, 0) is 11.3 Å². The highest BCUT2D eigenvalue weighted by atomic mass is 16.5. The van der Waals surface area contributed by atoms with Crippen LogP contribution in [0.3, 0.4) is 0 Å². The lowest BCUT2D eigenvalue weighted by Crippen LogP contribution is -2.34. The monoisotopic (exact) mass is 266 g/mol. The average Bonchev–Trinajstić information content (AvgIpc) is 2.38. The number of nitrogens with zero attached hydrogens (tertiary/aromatic N) is 3. The largest absolute Gasteiger partial charge is 0.384 e. The lowest BCUT2D eigenvalue weighted by Gasteiger charge is -2.30. The van der Waals surface area contributed by atoms with E-state index in [9.17, 15) is 0 Å². The van der Waals surface area contributed by atoms with Gasteiger partial charge in [0.25, 0.3) is 0 Å². The number of aromatic nitrogens is 2. The number of ether oxygens (including phenoxy) is 1. The Labute approximate surface area is 116 Å². The van der Waals surface area contributed by atoms with E-state index in [1.54, 1.807) is 7.11 Å². The van der Waals surface area contributed by atoms with Crippen molar-refractivity contribution in [2.45, 2.75) is 52.7 Å². The maximum Gasteiger partial charge on any atom is 0.158 e. The van der Waals surface area contributed by atoms with Gasteiger partial charge in [-0.3, -0.25) is 0 Å². The van der Waals surface area contributed by atoms with Crippen LogP contribution in [0.25, 0.3) is 0 Å². The van der Waals surface area contributed by atoms with Gasteiger partial charge in [-0.2, -0.15) is 0 Å². The van der Waals surface area contributed by atoms with Crippen LogP contribution in [0.1, 0.15) is 45.9 Å². The molecular formula is C14H26N4O. The molecule has 1 rings (SSSR count). The molecule has 0 bridgehead atoms. The zero-order chi connectivity index (χ0) is 14.3. The van der Waals surface area contributed by atoms with Crippen LogP contribution in [0.5, 0.6) is 0 Å². The third kappa shape index (κ3) is 4.67. The van der Waals surface area contributed by atoms with Crippen molar-refractivity contribution in [3.8, 4) is 0 Å². The van der Waals surface area contributed by atoms with Gasteiger partial charge in [-0.25, -0.2) is 9.97 Å². The molecule has 0 radical (unpaired) electrons. The lowest BCUT2D eigenvalue weighted by molar-refractivity contribution is 0.178. The van der Waals surface area contributed by atoms with Crippen LogP contribution in [0.2, 0.25) is 0 Å². The van der Waals surface area contributed by atoms with E-state index < -0.39 is 0 Å². The molecule has 0 spiro atoms. The molecule has 1 atom stereocenters. The zero-order valence-electron chi connectivity index (χ0n) is 12.5. The highest BCUT2D eigenvalue weighted by Crippen LogP contribution is 2.19. The summed E-state index contributed by atoms with van der Waals surface area (Å²) >= 11 is 0. The van der Waals surface area contributed by atoms with E-state index in [0.29, 0.717) is 24.3 Å². The van der Waals surface area contributed by atoms with Gasteiger partial charge in [-0.15, -0.1) is 0 Å². The summed E-state index contributed by atoms with van der Waals surface area (Å²) in [6.07, 6.45) is 3.39. The van der Waals surface area contributed by atoms with E-state index in [2.05, 4.69) is 35.6 Å². The zero-order valence-corrected chi connectivity index (χ0v) is 12.5. The van der Waals surface area contributed by atoms with Gasteiger partial charge in [0.05, 0.1) is 0 Å². The molecule has 0 saturated heterocycles. The molecule has 2 N–H and O–H groups in total. The second kappa shape index (κ2) is 7.94. The van der Waals surface area contributed by atoms with E-state index in [1.165, 1.54) is 6.42 Å². The molecule has 5 heteroatoms. The van der Waals surface area contributed by atoms with E-state index in [4.69, 9.17) is 10.5 Å². The highest BCUT2D eigenvalue weighted by molar-refractivity contribution is 5.47. The van der Waals surface area contributed by atoms with E-state index in [0.717, 1.165) is 25.2 Å². The summed E-state index contributed by atoms with van der Waals surface area (Å²) in [5.41, 5.74) is 5.86. The van der Waals surface area contributed by atoms with Crippen LogP contribution in [0, 0.1) is 0 Å². The Hall–Kier alpha value is -1.36. The molecule has 19 heavy (non-hydrogen) atoms. The van der Waals surface area contributed by atoms with E-state index in [1.807, 2.05) is 6.07 Å². The Balaban J connectivity index is 2.99. The summed E-state index contributed by atoms with van der Waals surface area (Å²) in [5.74, 6) is 2.05. The molecule has 108 valence electrons. The molecule has 1 unspecified atom stereocenters. The maximum absolute atomic E-state index is 5.86. The second-order valence-corrected chi connectivity index (χ2v) is 4.80. The fraction of sp³-hybridized carbons (Fsp3) is 0.714. The van der Waals surface area contributed by atoms with Crippen LogP contribution < -0.4 is 10.6 Å². The van der Waals surface area contributed by atoms with Crippen molar-refractivity contribution in [1.29, 1.82) is 0 Å². The average molecular weight is 266 g/mol. The summed E-state index contributed by atoms with van der Waals surface area (Å²) < 4.78 is 5.09. The second-order valence-electron chi connectivity index (χ2n) is 4.80. The van der Waals surface area contributed by atoms with Crippen molar-refractivity contribution in [1.82, 2.24) is 9.97 Å². The molecule has 1 aromatic heterocycles.